The topological polar surface area (TPSA) is 88.2 Å². The number of nitrogens with one attached hydrogen (secondary N) is 1. The summed E-state index contributed by atoms with van der Waals surface area (Å²) < 4.78 is 0. The van der Waals surface area contributed by atoms with E-state index in [2.05, 4.69) is 10.3 Å². The molecule has 0 atom stereocenters. The van der Waals surface area contributed by atoms with Gasteiger partial charge in [-0.2, -0.15) is 0 Å². The molecule has 0 unspecified atom stereocenters. The minimum atomic E-state index is -1.01. The van der Waals surface area contributed by atoms with Crippen LogP contribution in [0.4, 0.5) is 11.5 Å². The van der Waals surface area contributed by atoms with E-state index in [-0.39, 0.29) is 5.56 Å². The number of rotatable bonds is 3. The molecule has 0 aliphatic heterocycles. The molecular weight excluding hydrogens is 194 g/mol. The van der Waals surface area contributed by atoms with Gasteiger partial charge in [-0.15, -0.1) is 0 Å². The lowest BCUT2D eigenvalue weighted by atomic mass is 9.93. The van der Waals surface area contributed by atoms with Gasteiger partial charge in [-0.25, -0.2) is 9.78 Å². The van der Waals surface area contributed by atoms with Crippen LogP contribution in [0.1, 0.15) is 29.6 Å². The Morgan fingerprint density at radius 1 is 1.60 bits per heavy atom. The highest BCUT2D eigenvalue weighted by Crippen LogP contribution is 2.25. The van der Waals surface area contributed by atoms with Crippen molar-refractivity contribution in [3.8, 4) is 0 Å². The summed E-state index contributed by atoms with van der Waals surface area (Å²) in [6, 6.07) is 1.87. The molecule has 1 heterocycles. The molecule has 1 aromatic heterocycles. The van der Waals surface area contributed by atoms with Gasteiger partial charge >= 0.3 is 5.97 Å². The summed E-state index contributed by atoms with van der Waals surface area (Å²) in [5.74, 6) is -0.422. The van der Waals surface area contributed by atoms with Crippen molar-refractivity contribution in [1.29, 1.82) is 0 Å². The zero-order valence-electron chi connectivity index (χ0n) is 8.23. The standard InChI is InChI=1S/C10H13N3O2/c11-8-4-6(10(14)15)5-12-9(8)13-7-2-1-3-7/h4-5,7H,1-3,11H2,(H,12,13)(H,14,15). The maximum atomic E-state index is 10.6. The second-order valence-electron chi connectivity index (χ2n) is 3.74. The number of aromatic carboxylic acids is 1. The van der Waals surface area contributed by atoms with Crippen molar-refractivity contribution in [1.82, 2.24) is 4.98 Å². The Kier molecular flexibility index (Phi) is 2.45. The van der Waals surface area contributed by atoms with Crippen LogP contribution in [-0.2, 0) is 0 Å². The molecule has 1 aliphatic carbocycles. The fraction of sp³-hybridized carbons (Fsp3) is 0.400. The summed E-state index contributed by atoms with van der Waals surface area (Å²) in [6.07, 6.45) is 4.80. The number of carboxylic acids is 1. The van der Waals surface area contributed by atoms with Crippen LogP contribution in [0.3, 0.4) is 0 Å². The van der Waals surface area contributed by atoms with Gasteiger partial charge in [-0.05, 0) is 25.3 Å². The van der Waals surface area contributed by atoms with E-state index in [4.69, 9.17) is 10.8 Å². The fourth-order valence-electron chi connectivity index (χ4n) is 1.47. The largest absolute Gasteiger partial charge is 0.478 e. The summed E-state index contributed by atoms with van der Waals surface area (Å²) >= 11 is 0. The van der Waals surface area contributed by atoms with Crippen LogP contribution in [0, 0.1) is 0 Å². The Bertz CT molecular complexity index is 388. The molecule has 0 bridgehead atoms. The van der Waals surface area contributed by atoms with Crippen LogP contribution in [-0.4, -0.2) is 22.1 Å². The maximum Gasteiger partial charge on any atom is 0.337 e. The molecule has 0 saturated heterocycles. The van der Waals surface area contributed by atoms with Gasteiger partial charge in [0, 0.05) is 12.2 Å². The molecule has 5 heteroatoms. The highest BCUT2D eigenvalue weighted by molar-refractivity contribution is 5.89. The second kappa shape index (κ2) is 3.76. The number of nitrogen functional groups attached to an aromatic ring is 1. The lowest BCUT2D eigenvalue weighted by Crippen LogP contribution is -2.28. The molecule has 4 N–H and O–H groups in total. The van der Waals surface area contributed by atoms with Gasteiger partial charge in [-0.1, -0.05) is 0 Å². The van der Waals surface area contributed by atoms with Gasteiger partial charge in [0.25, 0.3) is 0 Å². The monoisotopic (exact) mass is 207 g/mol. The molecule has 15 heavy (non-hydrogen) atoms. The van der Waals surface area contributed by atoms with Gasteiger partial charge in [0.2, 0.25) is 0 Å². The molecule has 0 aromatic carbocycles. The first-order chi connectivity index (χ1) is 7.16. The molecular formula is C10H13N3O2. The summed E-state index contributed by atoms with van der Waals surface area (Å²) in [6.45, 7) is 0. The Morgan fingerprint density at radius 2 is 2.33 bits per heavy atom. The van der Waals surface area contributed by atoms with E-state index < -0.39 is 5.97 Å². The van der Waals surface area contributed by atoms with Crippen molar-refractivity contribution in [3.63, 3.8) is 0 Å². The molecule has 80 valence electrons. The number of anilines is 2. The lowest BCUT2D eigenvalue weighted by Gasteiger charge is -2.27. The first-order valence-electron chi connectivity index (χ1n) is 4.92. The van der Waals surface area contributed by atoms with Crippen LogP contribution < -0.4 is 11.1 Å². The van der Waals surface area contributed by atoms with E-state index in [1.165, 1.54) is 18.7 Å². The summed E-state index contributed by atoms with van der Waals surface area (Å²) in [7, 11) is 0. The van der Waals surface area contributed by atoms with Crippen molar-refractivity contribution < 1.29 is 9.90 Å². The average molecular weight is 207 g/mol. The third-order valence-corrected chi connectivity index (χ3v) is 2.61. The molecule has 0 spiro atoms. The number of carboxylic acid groups (broad SMARTS) is 1. The minimum Gasteiger partial charge on any atom is -0.478 e. The zero-order valence-corrected chi connectivity index (χ0v) is 8.23. The van der Waals surface area contributed by atoms with Crippen molar-refractivity contribution in [2.24, 2.45) is 0 Å². The van der Waals surface area contributed by atoms with Crippen molar-refractivity contribution in [2.75, 3.05) is 11.1 Å². The SMILES string of the molecule is Nc1cc(C(=O)O)cnc1NC1CCC1. The fourth-order valence-corrected chi connectivity index (χ4v) is 1.47. The van der Waals surface area contributed by atoms with Crippen LogP contribution in [0.2, 0.25) is 0 Å². The number of aromatic nitrogens is 1. The van der Waals surface area contributed by atoms with E-state index in [0.29, 0.717) is 17.5 Å². The van der Waals surface area contributed by atoms with Gasteiger partial charge in [-0.3, -0.25) is 0 Å². The Balaban J connectivity index is 2.14. The van der Waals surface area contributed by atoms with Crippen LogP contribution in [0.15, 0.2) is 12.3 Å². The lowest BCUT2D eigenvalue weighted by molar-refractivity contribution is 0.0696. The van der Waals surface area contributed by atoms with Gasteiger partial charge in [0.15, 0.2) is 0 Å². The molecule has 5 nitrogen and oxygen atoms in total. The van der Waals surface area contributed by atoms with E-state index in [9.17, 15) is 4.79 Å². The number of hydrogen-bond acceptors (Lipinski definition) is 4. The summed E-state index contributed by atoms with van der Waals surface area (Å²) in [5.41, 5.74) is 6.21. The van der Waals surface area contributed by atoms with E-state index in [1.807, 2.05) is 0 Å². The highest BCUT2D eigenvalue weighted by atomic mass is 16.4. The second-order valence-corrected chi connectivity index (χ2v) is 3.74. The van der Waals surface area contributed by atoms with Crippen LogP contribution in [0.25, 0.3) is 0 Å². The van der Waals surface area contributed by atoms with Crippen molar-refractivity contribution in [3.05, 3.63) is 17.8 Å². The van der Waals surface area contributed by atoms with Gasteiger partial charge in [0.1, 0.15) is 5.82 Å². The van der Waals surface area contributed by atoms with E-state index >= 15 is 0 Å². The third kappa shape index (κ3) is 2.01. The smallest absolute Gasteiger partial charge is 0.337 e. The first-order valence-corrected chi connectivity index (χ1v) is 4.92. The first kappa shape index (κ1) is 9.76. The van der Waals surface area contributed by atoms with Crippen molar-refractivity contribution >= 4 is 17.5 Å². The number of nitrogens with zero attached hydrogens (tertiary/aromatic N) is 1. The number of nitrogens with two attached hydrogens (primary N) is 1. The molecule has 1 aromatic rings. The van der Waals surface area contributed by atoms with Crippen LogP contribution in [0.5, 0.6) is 0 Å². The number of pyridine rings is 1. The van der Waals surface area contributed by atoms with E-state index in [1.54, 1.807) is 0 Å². The molecule has 1 saturated carbocycles. The predicted octanol–water partition coefficient (Wildman–Crippen LogP) is 1.33. The molecule has 2 rings (SSSR count). The van der Waals surface area contributed by atoms with E-state index in [0.717, 1.165) is 12.8 Å². The average Bonchev–Trinajstić information content (AvgIpc) is 2.12. The zero-order chi connectivity index (χ0) is 10.8. The Morgan fingerprint density at radius 3 is 2.80 bits per heavy atom. The highest BCUT2D eigenvalue weighted by Gasteiger charge is 2.18. The summed E-state index contributed by atoms with van der Waals surface area (Å²) in [5, 5.41) is 11.9. The number of hydrogen-bond donors (Lipinski definition) is 3. The third-order valence-electron chi connectivity index (χ3n) is 2.61. The van der Waals surface area contributed by atoms with Crippen LogP contribution >= 0.6 is 0 Å². The molecule has 1 fully saturated rings. The molecule has 0 amide bonds. The predicted molar refractivity (Wildman–Crippen MR) is 56.9 cm³/mol. The van der Waals surface area contributed by atoms with Gasteiger partial charge in [0.05, 0.1) is 11.3 Å². The Hall–Kier alpha value is -1.78. The quantitative estimate of drug-likeness (QED) is 0.695. The molecule has 0 radical (unpaired) electrons. The van der Waals surface area contributed by atoms with Gasteiger partial charge < -0.3 is 16.2 Å². The molecule has 1 aliphatic rings. The maximum absolute atomic E-state index is 10.6. The normalized spacial score (nSPS) is 15.7. The Labute approximate surface area is 87.3 Å². The van der Waals surface area contributed by atoms with Crippen molar-refractivity contribution in [2.45, 2.75) is 25.3 Å². The number of carbonyl (C=O) groups is 1. The summed E-state index contributed by atoms with van der Waals surface area (Å²) in [4.78, 5) is 14.6. The minimum absolute atomic E-state index is 0.117.